The van der Waals surface area contributed by atoms with Crippen molar-refractivity contribution >= 4 is 34.6 Å². The molecule has 1 saturated heterocycles. The van der Waals surface area contributed by atoms with Crippen molar-refractivity contribution < 1.29 is 9.72 Å². The SMILES string of the molecule is CC(C(=O)Nc1ccc([N+](=O)[O-])cc1Cl)N1CCN(c2ccccc2)CC1. The van der Waals surface area contributed by atoms with Gasteiger partial charge in [0.1, 0.15) is 0 Å². The van der Waals surface area contributed by atoms with E-state index in [0.29, 0.717) is 5.69 Å². The molecule has 1 fully saturated rings. The first kappa shape index (κ1) is 19.1. The van der Waals surface area contributed by atoms with Gasteiger partial charge in [0.25, 0.3) is 5.69 Å². The highest BCUT2D eigenvalue weighted by Crippen LogP contribution is 2.27. The molecule has 142 valence electrons. The number of hydrogen-bond donors (Lipinski definition) is 1. The molecule has 0 radical (unpaired) electrons. The average molecular weight is 389 g/mol. The fourth-order valence-electron chi connectivity index (χ4n) is 3.13. The third-order valence-electron chi connectivity index (χ3n) is 4.78. The number of nitro groups is 1. The Bertz CT molecular complexity index is 823. The van der Waals surface area contributed by atoms with Gasteiger partial charge in [0.05, 0.1) is 21.7 Å². The molecule has 1 N–H and O–H groups in total. The minimum Gasteiger partial charge on any atom is -0.369 e. The Morgan fingerprint density at radius 3 is 2.41 bits per heavy atom. The van der Waals surface area contributed by atoms with Crippen molar-refractivity contribution in [3.05, 3.63) is 63.7 Å². The first-order chi connectivity index (χ1) is 13.0. The molecular weight excluding hydrogens is 368 g/mol. The van der Waals surface area contributed by atoms with Crippen LogP contribution < -0.4 is 10.2 Å². The van der Waals surface area contributed by atoms with E-state index in [4.69, 9.17) is 11.6 Å². The van der Waals surface area contributed by atoms with Crippen molar-refractivity contribution in [3.8, 4) is 0 Å². The van der Waals surface area contributed by atoms with Crippen LogP contribution in [-0.4, -0.2) is 48.0 Å². The number of amides is 1. The molecule has 1 unspecified atom stereocenters. The largest absolute Gasteiger partial charge is 0.369 e. The summed E-state index contributed by atoms with van der Waals surface area (Å²) >= 11 is 6.06. The van der Waals surface area contributed by atoms with E-state index >= 15 is 0 Å². The van der Waals surface area contributed by atoms with Crippen LogP contribution in [0.1, 0.15) is 6.92 Å². The van der Waals surface area contributed by atoms with Crippen LogP contribution in [0.3, 0.4) is 0 Å². The Morgan fingerprint density at radius 1 is 1.15 bits per heavy atom. The molecule has 1 heterocycles. The van der Waals surface area contributed by atoms with Crippen LogP contribution in [0.25, 0.3) is 0 Å². The van der Waals surface area contributed by atoms with E-state index in [1.807, 2.05) is 25.1 Å². The predicted octanol–water partition coefficient (Wildman–Crippen LogP) is 3.40. The highest BCUT2D eigenvalue weighted by atomic mass is 35.5. The van der Waals surface area contributed by atoms with Gasteiger partial charge in [-0.3, -0.25) is 19.8 Å². The van der Waals surface area contributed by atoms with Crippen LogP contribution in [0.2, 0.25) is 5.02 Å². The second kappa shape index (κ2) is 8.37. The molecule has 2 aromatic rings. The van der Waals surface area contributed by atoms with Crippen molar-refractivity contribution in [2.75, 3.05) is 36.4 Å². The number of anilines is 2. The van der Waals surface area contributed by atoms with Crippen molar-refractivity contribution in [1.82, 2.24) is 4.90 Å². The topological polar surface area (TPSA) is 78.7 Å². The summed E-state index contributed by atoms with van der Waals surface area (Å²) in [5.41, 5.74) is 1.46. The second-order valence-corrected chi connectivity index (χ2v) is 6.85. The fourth-order valence-corrected chi connectivity index (χ4v) is 3.35. The number of nitro benzene ring substituents is 1. The lowest BCUT2D eigenvalue weighted by Crippen LogP contribution is -2.52. The third-order valence-corrected chi connectivity index (χ3v) is 5.10. The normalized spacial score (nSPS) is 16.0. The maximum Gasteiger partial charge on any atom is 0.271 e. The number of nitrogens with zero attached hydrogens (tertiary/aromatic N) is 3. The summed E-state index contributed by atoms with van der Waals surface area (Å²) in [7, 11) is 0. The summed E-state index contributed by atoms with van der Waals surface area (Å²) in [4.78, 5) is 27.3. The second-order valence-electron chi connectivity index (χ2n) is 6.45. The molecule has 8 heteroatoms. The summed E-state index contributed by atoms with van der Waals surface area (Å²) in [5.74, 6) is -0.182. The third kappa shape index (κ3) is 4.56. The van der Waals surface area contributed by atoms with E-state index in [-0.39, 0.29) is 22.7 Å². The Balaban J connectivity index is 1.57. The van der Waals surface area contributed by atoms with Gasteiger partial charge in [-0.2, -0.15) is 0 Å². The van der Waals surface area contributed by atoms with Gasteiger partial charge in [0.2, 0.25) is 5.91 Å². The lowest BCUT2D eigenvalue weighted by Gasteiger charge is -2.38. The molecular formula is C19H21ClN4O3. The summed E-state index contributed by atoms with van der Waals surface area (Å²) in [6.07, 6.45) is 0. The van der Waals surface area contributed by atoms with Crippen molar-refractivity contribution in [1.29, 1.82) is 0 Å². The molecule has 0 saturated carbocycles. The van der Waals surface area contributed by atoms with Crippen LogP contribution in [0.5, 0.6) is 0 Å². The first-order valence-corrected chi connectivity index (χ1v) is 9.12. The molecule has 27 heavy (non-hydrogen) atoms. The van der Waals surface area contributed by atoms with E-state index in [2.05, 4.69) is 27.2 Å². The van der Waals surface area contributed by atoms with Gasteiger partial charge in [-0.1, -0.05) is 29.8 Å². The number of nitrogens with one attached hydrogen (secondary N) is 1. The monoisotopic (exact) mass is 388 g/mol. The van der Waals surface area contributed by atoms with Crippen LogP contribution >= 0.6 is 11.6 Å². The van der Waals surface area contributed by atoms with Gasteiger partial charge in [-0.05, 0) is 25.1 Å². The zero-order chi connectivity index (χ0) is 19.4. The zero-order valence-electron chi connectivity index (χ0n) is 15.0. The van der Waals surface area contributed by atoms with E-state index in [1.54, 1.807) is 0 Å². The molecule has 1 atom stereocenters. The highest BCUT2D eigenvalue weighted by Gasteiger charge is 2.26. The van der Waals surface area contributed by atoms with Gasteiger partial charge >= 0.3 is 0 Å². The molecule has 1 amide bonds. The molecule has 0 aromatic heterocycles. The molecule has 1 aliphatic rings. The lowest BCUT2D eigenvalue weighted by atomic mass is 10.2. The smallest absolute Gasteiger partial charge is 0.271 e. The van der Waals surface area contributed by atoms with E-state index in [0.717, 1.165) is 26.2 Å². The number of non-ortho nitro benzene ring substituents is 1. The van der Waals surface area contributed by atoms with Crippen LogP contribution in [0, 0.1) is 10.1 Å². The number of hydrogen-bond acceptors (Lipinski definition) is 5. The van der Waals surface area contributed by atoms with Crippen molar-refractivity contribution in [2.45, 2.75) is 13.0 Å². The van der Waals surface area contributed by atoms with Gasteiger partial charge in [0.15, 0.2) is 0 Å². The molecule has 0 bridgehead atoms. The number of carbonyl (C=O) groups excluding carboxylic acids is 1. The zero-order valence-corrected chi connectivity index (χ0v) is 15.7. The molecule has 7 nitrogen and oxygen atoms in total. The van der Waals surface area contributed by atoms with Crippen LogP contribution in [0.15, 0.2) is 48.5 Å². The van der Waals surface area contributed by atoms with E-state index in [1.165, 1.54) is 23.9 Å². The molecule has 3 rings (SSSR count). The quantitative estimate of drug-likeness (QED) is 0.627. The summed E-state index contributed by atoms with van der Waals surface area (Å²) < 4.78 is 0. The maximum atomic E-state index is 12.6. The van der Waals surface area contributed by atoms with E-state index in [9.17, 15) is 14.9 Å². The average Bonchev–Trinajstić information content (AvgIpc) is 2.69. The summed E-state index contributed by atoms with van der Waals surface area (Å²) in [6.45, 7) is 5.10. The number of carbonyl (C=O) groups is 1. The van der Waals surface area contributed by atoms with Crippen molar-refractivity contribution in [3.63, 3.8) is 0 Å². The Hall–Kier alpha value is -2.64. The molecule has 0 aliphatic carbocycles. The highest BCUT2D eigenvalue weighted by molar-refractivity contribution is 6.34. The van der Waals surface area contributed by atoms with Gasteiger partial charge in [-0.15, -0.1) is 0 Å². The van der Waals surface area contributed by atoms with E-state index < -0.39 is 4.92 Å². The first-order valence-electron chi connectivity index (χ1n) is 8.74. The number of benzene rings is 2. The Kier molecular flexibility index (Phi) is 5.93. The van der Waals surface area contributed by atoms with Gasteiger partial charge in [0, 0.05) is 44.0 Å². The maximum absolute atomic E-state index is 12.6. The number of piperazine rings is 1. The Morgan fingerprint density at radius 2 is 1.81 bits per heavy atom. The summed E-state index contributed by atoms with van der Waals surface area (Å²) in [6, 6.07) is 13.9. The number of para-hydroxylation sites is 1. The Labute approximate surface area is 162 Å². The molecule has 2 aromatic carbocycles. The molecule has 1 aliphatic heterocycles. The number of rotatable bonds is 5. The fraction of sp³-hybridized carbons (Fsp3) is 0.316. The van der Waals surface area contributed by atoms with Crippen LogP contribution in [-0.2, 0) is 4.79 Å². The van der Waals surface area contributed by atoms with Crippen molar-refractivity contribution in [2.24, 2.45) is 0 Å². The minimum absolute atomic E-state index is 0.108. The lowest BCUT2D eigenvalue weighted by molar-refractivity contribution is -0.384. The minimum atomic E-state index is -0.522. The predicted molar refractivity (Wildman–Crippen MR) is 106 cm³/mol. The standard InChI is InChI=1S/C19H21ClN4O3/c1-14(19(25)21-18-8-7-16(24(26)27)13-17(18)20)22-9-11-23(12-10-22)15-5-3-2-4-6-15/h2-8,13-14H,9-12H2,1H3,(H,21,25). The summed E-state index contributed by atoms with van der Waals surface area (Å²) in [5, 5.41) is 13.7. The van der Waals surface area contributed by atoms with Gasteiger partial charge in [-0.25, -0.2) is 0 Å². The van der Waals surface area contributed by atoms with Crippen LogP contribution in [0.4, 0.5) is 17.1 Å². The number of halogens is 1. The van der Waals surface area contributed by atoms with Gasteiger partial charge < -0.3 is 10.2 Å². The molecule has 0 spiro atoms.